The Bertz CT molecular complexity index is 351. The van der Waals surface area contributed by atoms with Crippen molar-refractivity contribution in [1.82, 2.24) is 4.90 Å². The number of hydrogen-bond acceptors (Lipinski definition) is 2. The Hall–Kier alpha value is -1.42. The predicted molar refractivity (Wildman–Crippen MR) is 61.3 cm³/mol. The standard InChI is InChI=1S/C12H17FN2O/c1-3-15(8-12(14)16)9(2)10-4-6-11(13)7-5-10/h4-7,9H,3,8H2,1-2H3,(H2,14,16). The van der Waals surface area contributed by atoms with Crippen molar-refractivity contribution in [3.8, 4) is 0 Å². The van der Waals surface area contributed by atoms with E-state index >= 15 is 0 Å². The van der Waals surface area contributed by atoms with E-state index < -0.39 is 0 Å². The molecule has 1 amide bonds. The molecule has 1 atom stereocenters. The van der Waals surface area contributed by atoms with Gasteiger partial charge in [-0.15, -0.1) is 0 Å². The predicted octanol–water partition coefficient (Wildman–Crippen LogP) is 1.69. The molecule has 0 aromatic heterocycles. The van der Waals surface area contributed by atoms with Crippen LogP contribution in [0.15, 0.2) is 24.3 Å². The zero-order valence-corrected chi connectivity index (χ0v) is 9.61. The van der Waals surface area contributed by atoms with E-state index in [1.54, 1.807) is 12.1 Å². The molecule has 0 fully saturated rings. The molecule has 4 heteroatoms. The zero-order valence-electron chi connectivity index (χ0n) is 9.61. The molecule has 0 heterocycles. The molecule has 0 bridgehead atoms. The molecule has 0 aliphatic rings. The molecule has 0 aliphatic heterocycles. The maximum atomic E-state index is 12.8. The molecule has 2 N–H and O–H groups in total. The smallest absolute Gasteiger partial charge is 0.231 e. The van der Waals surface area contributed by atoms with Crippen molar-refractivity contribution in [2.45, 2.75) is 19.9 Å². The van der Waals surface area contributed by atoms with Crippen LogP contribution in [0, 0.1) is 5.82 Å². The quantitative estimate of drug-likeness (QED) is 0.827. The van der Waals surface area contributed by atoms with Crippen molar-refractivity contribution in [2.75, 3.05) is 13.1 Å². The monoisotopic (exact) mass is 224 g/mol. The number of carbonyl (C=O) groups is 1. The van der Waals surface area contributed by atoms with Gasteiger partial charge in [0.1, 0.15) is 5.82 Å². The van der Waals surface area contributed by atoms with Crippen molar-refractivity contribution in [1.29, 1.82) is 0 Å². The number of primary amides is 1. The van der Waals surface area contributed by atoms with Gasteiger partial charge in [0.05, 0.1) is 6.54 Å². The van der Waals surface area contributed by atoms with Crippen LogP contribution in [0.1, 0.15) is 25.5 Å². The molecule has 1 aromatic rings. The molecule has 0 saturated heterocycles. The highest BCUT2D eigenvalue weighted by atomic mass is 19.1. The molecule has 16 heavy (non-hydrogen) atoms. The van der Waals surface area contributed by atoms with Crippen LogP contribution in [-0.4, -0.2) is 23.9 Å². The highest BCUT2D eigenvalue weighted by Gasteiger charge is 2.15. The van der Waals surface area contributed by atoms with E-state index in [4.69, 9.17) is 5.73 Å². The van der Waals surface area contributed by atoms with Crippen LogP contribution in [0.2, 0.25) is 0 Å². The number of nitrogens with zero attached hydrogens (tertiary/aromatic N) is 1. The third-order valence-electron chi connectivity index (χ3n) is 2.67. The molecule has 1 unspecified atom stereocenters. The van der Waals surface area contributed by atoms with Crippen molar-refractivity contribution in [3.63, 3.8) is 0 Å². The third kappa shape index (κ3) is 3.31. The summed E-state index contributed by atoms with van der Waals surface area (Å²) in [6.45, 7) is 4.87. The summed E-state index contributed by atoms with van der Waals surface area (Å²) in [5.74, 6) is -0.607. The summed E-state index contributed by atoms with van der Waals surface area (Å²) >= 11 is 0. The number of carbonyl (C=O) groups excluding carboxylic acids is 1. The summed E-state index contributed by atoms with van der Waals surface area (Å²) < 4.78 is 12.8. The van der Waals surface area contributed by atoms with E-state index in [0.29, 0.717) is 0 Å². The van der Waals surface area contributed by atoms with Crippen LogP contribution >= 0.6 is 0 Å². The Labute approximate surface area is 95.0 Å². The molecule has 3 nitrogen and oxygen atoms in total. The van der Waals surface area contributed by atoms with Crippen molar-refractivity contribution < 1.29 is 9.18 Å². The summed E-state index contributed by atoms with van der Waals surface area (Å²) in [7, 11) is 0. The van der Waals surface area contributed by atoms with Gasteiger partial charge in [0.25, 0.3) is 0 Å². The lowest BCUT2D eigenvalue weighted by Crippen LogP contribution is -2.35. The maximum absolute atomic E-state index is 12.8. The zero-order chi connectivity index (χ0) is 12.1. The molecular weight excluding hydrogens is 207 g/mol. The van der Waals surface area contributed by atoms with E-state index in [1.807, 2.05) is 18.7 Å². The van der Waals surface area contributed by atoms with Gasteiger partial charge >= 0.3 is 0 Å². The molecule has 0 saturated carbocycles. The average Bonchev–Trinajstić information content (AvgIpc) is 2.25. The van der Waals surface area contributed by atoms with Gasteiger partial charge in [0, 0.05) is 6.04 Å². The number of rotatable bonds is 5. The van der Waals surface area contributed by atoms with Gasteiger partial charge in [-0.05, 0) is 31.2 Å². The number of halogens is 1. The lowest BCUT2D eigenvalue weighted by atomic mass is 10.1. The largest absolute Gasteiger partial charge is 0.369 e. The fourth-order valence-electron chi connectivity index (χ4n) is 1.67. The molecular formula is C12H17FN2O. The fraction of sp³-hybridized carbons (Fsp3) is 0.417. The number of hydrogen-bond donors (Lipinski definition) is 1. The van der Waals surface area contributed by atoms with Gasteiger partial charge in [-0.1, -0.05) is 19.1 Å². The van der Waals surface area contributed by atoms with Gasteiger partial charge in [-0.2, -0.15) is 0 Å². The Morgan fingerprint density at radius 3 is 2.44 bits per heavy atom. The summed E-state index contributed by atoms with van der Waals surface area (Å²) in [5.41, 5.74) is 6.14. The van der Waals surface area contributed by atoms with Gasteiger partial charge < -0.3 is 5.73 Å². The summed E-state index contributed by atoms with van der Waals surface area (Å²) in [6.07, 6.45) is 0. The van der Waals surface area contributed by atoms with Crippen LogP contribution in [0.5, 0.6) is 0 Å². The molecule has 1 rings (SSSR count). The Balaban J connectivity index is 2.78. The Morgan fingerprint density at radius 2 is 2.00 bits per heavy atom. The second-order valence-corrected chi connectivity index (χ2v) is 3.76. The summed E-state index contributed by atoms with van der Waals surface area (Å²) in [4.78, 5) is 12.8. The van der Waals surface area contributed by atoms with Crippen LogP contribution in [-0.2, 0) is 4.79 Å². The van der Waals surface area contributed by atoms with Gasteiger partial charge in [0.2, 0.25) is 5.91 Å². The van der Waals surface area contributed by atoms with Crippen LogP contribution in [0.25, 0.3) is 0 Å². The highest BCUT2D eigenvalue weighted by Crippen LogP contribution is 2.19. The molecule has 0 radical (unpaired) electrons. The lowest BCUT2D eigenvalue weighted by molar-refractivity contribution is -0.119. The van der Waals surface area contributed by atoms with Crippen LogP contribution < -0.4 is 5.73 Å². The van der Waals surface area contributed by atoms with Crippen molar-refractivity contribution >= 4 is 5.91 Å². The first-order chi connectivity index (χ1) is 7.54. The minimum absolute atomic E-state index is 0.0538. The van der Waals surface area contributed by atoms with Gasteiger partial charge in [0.15, 0.2) is 0 Å². The average molecular weight is 224 g/mol. The fourth-order valence-corrected chi connectivity index (χ4v) is 1.67. The first-order valence-corrected chi connectivity index (χ1v) is 5.32. The second-order valence-electron chi connectivity index (χ2n) is 3.76. The summed E-state index contributed by atoms with van der Waals surface area (Å²) in [6, 6.07) is 6.35. The molecule has 1 aromatic carbocycles. The third-order valence-corrected chi connectivity index (χ3v) is 2.67. The van der Waals surface area contributed by atoms with E-state index in [-0.39, 0.29) is 24.3 Å². The molecule has 0 aliphatic carbocycles. The normalized spacial score (nSPS) is 12.8. The summed E-state index contributed by atoms with van der Waals surface area (Å²) in [5, 5.41) is 0. The first kappa shape index (κ1) is 12.6. The van der Waals surface area contributed by atoms with Crippen molar-refractivity contribution in [2.24, 2.45) is 5.73 Å². The Morgan fingerprint density at radius 1 is 1.44 bits per heavy atom. The minimum atomic E-state index is -0.351. The van der Waals surface area contributed by atoms with Crippen LogP contribution in [0.4, 0.5) is 4.39 Å². The minimum Gasteiger partial charge on any atom is -0.369 e. The maximum Gasteiger partial charge on any atom is 0.231 e. The van der Waals surface area contributed by atoms with Crippen LogP contribution in [0.3, 0.4) is 0 Å². The molecule has 88 valence electrons. The Kier molecular flexibility index (Phi) is 4.43. The number of amides is 1. The van der Waals surface area contributed by atoms with E-state index in [9.17, 15) is 9.18 Å². The highest BCUT2D eigenvalue weighted by molar-refractivity contribution is 5.75. The van der Waals surface area contributed by atoms with E-state index in [0.717, 1.165) is 12.1 Å². The van der Waals surface area contributed by atoms with E-state index in [1.165, 1.54) is 12.1 Å². The number of likely N-dealkylation sites (N-methyl/N-ethyl adjacent to an activating group) is 1. The topological polar surface area (TPSA) is 46.3 Å². The first-order valence-electron chi connectivity index (χ1n) is 5.32. The number of benzene rings is 1. The van der Waals surface area contributed by atoms with E-state index in [2.05, 4.69) is 0 Å². The molecule has 0 spiro atoms. The number of nitrogens with two attached hydrogens (primary N) is 1. The van der Waals surface area contributed by atoms with Gasteiger partial charge in [-0.3, -0.25) is 9.69 Å². The second kappa shape index (κ2) is 5.61. The van der Waals surface area contributed by atoms with Crippen molar-refractivity contribution in [3.05, 3.63) is 35.6 Å². The lowest BCUT2D eigenvalue weighted by Gasteiger charge is -2.26. The SMILES string of the molecule is CCN(CC(N)=O)C(C)c1ccc(F)cc1. The van der Waals surface area contributed by atoms with Gasteiger partial charge in [-0.25, -0.2) is 4.39 Å².